The summed E-state index contributed by atoms with van der Waals surface area (Å²) in [6.45, 7) is 5.26. The molecule has 1 unspecified atom stereocenters. The Morgan fingerprint density at radius 2 is 2.09 bits per heavy atom. The molecule has 0 radical (unpaired) electrons. The highest BCUT2D eigenvalue weighted by Gasteiger charge is 2.25. The first-order valence-electron chi connectivity index (χ1n) is 3.57. The lowest BCUT2D eigenvalue weighted by Crippen LogP contribution is -2.31. The first-order valence-corrected chi connectivity index (χ1v) is 3.57. The zero-order chi connectivity index (χ0) is 9.07. The lowest BCUT2D eigenvalue weighted by atomic mass is 10.0. The molecule has 0 spiro atoms. The third-order valence-electron chi connectivity index (χ3n) is 1.70. The van der Waals surface area contributed by atoms with Crippen LogP contribution in [-0.4, -0.2) is 23.7 Å². The average molecular weight is 161 g/mol. The van der Waals surface area contributed by atoms with E-state index in [0.29, 0.717) is 6.42 Å². The number of nitrogens with zero attached hydrogens (tertiary/aromatic N) is 1. The monoisotopic (exact) mass is 161 g/mol. The van der Waals surface area contributed by atoms with Crippen LogP contribution in [0.25, 0.3) is 0 Å². The summed E-state index contributed by atoms with van der Waals surface area (Å²) in [6.07, 6.45) is 0.441. The lowest BCUT2D eigenvalue weighted by Gasteiger charge is -2.22. The van der Waals surface area contributed by atoms with Gasteiger partial charge < -0.3 is 4.74 Å². The molecule has 0 aromatic carbocycles. The Morgan fingerprint density at radius 1 is 1.64 bits per heavy atom. The Bertz CT molecular complexity index is 145. The summed E-state index contributed by atoms with van der Waals surface area (Å²) in [6, 6.07) is -0.537. The van der Waals surface area contributed by atoms with Crippen LogP contribution in [0.5, 0.6) is 0 Å². The molecule has 0 saturated heterocycles. The highest BCUT2D eigenvalue weighted by atomic mass is 16.6. The summed E-state index contributed by atoms with van der Waals surface area (Å²) in [5, 5.41) is 10.2. The van der Waals surface area contributed by atoms with Crippen LogP contribution in [0.15, 0.2) is 0 Å². The molecule has 0 saturated carbocycles. The Hall–Kier alpha value is -0.640. The van der Waals surface area contributed by atoms with Crippen molar-refractivity contribution in [3.05, 3.63) is 10.1 Å². The molecule has 0 N–H and O–H groups in total. The van der Waals surface area contributed by atoms with E-state index in [-0.39, 0.29) is 4.92 Å². The van der Waals surface area contributed by atoms with Gasteiger partial charge in [-0.25, -0.2) is 0 Å². The lowest BCUT2D eigenvalue weighted by molar-refractivity contribution is -0.522. The van der Waals surface area contributed by atoms with Gasteiger partial charge in [-0.1, -0.05) is 0 Å². The predicted octanol–water partition coefficient (Wildman–Crippen LogP) is 1.47. The van der Waals surface area contributed by atoms with Gasteiger partial charge in [-0.15, -0.1) is 0 Å². The Kier molecular flexibility index (Phi) is 3.45. The van der Waals surface area contributed by atoms with E-state index < -0.39 is 11.6 Å². The molecule has 1 atom stereocenters. The topological polar surface area (TPSA) is 52.4 Å². The van der Waals surface area contributed by atoms with Crippen LogP contribution in [0.4, 0.5) is 0 Å². The van der Waals surface area contributed by atoms with Gasteiger partial charge in [0.2, 0.25) is 6.04 Å². The van der Waals surface area contributed by atoms with Gasteiger partial charge in [0, 0.05) is 25.4 Å². The fraction of sp³-hybridized carbons (Fsp3) is 1.00. The van der Waals surface area contributed by atoms with E-state index in [0.717, 1.165) is 0 Å². The molecule has 0 heterocycles. The van der Waals surface area contributed by atoms with Crippen LogP contribution in [0, 0.1) is 10.1 Å². The van der Waals surface area contributed by atoms with Crippen molar-refractivity contribution < 1.29 is 9.66 Å². The van der Waals surface area contributed by atoms with Crippen molar-refractivity contribution >= 4 is 0 Å². The molecule has 0 aliphatic carbocycles. The van der Waals surface area contributed by atoms with E-state index in [4.69, 9.17) is 4.74 Å². The summed E-state index contributed by atoms with van der Waals surface area (Å²) < 4.78 is 5.05. The van der Waals surface area contributed by atoms with Gasteiger partial charge in [0.1, 0.15) is 0 Å². The van der Waals surface area contributed by atoms with E-state index in [1.165, 1.54) is 0 Å². The summed E-state index contributed by atoms with van der Waals surface area (Å²) in [5.74, 6) is 0. The van der Waals surface area contributed by atoms with Crippen molar-refractivity contribution in [1.82, 2.24) is 0 Å². The fourth-order valence-corrected chi connectivity index (χ4v) is 0.869. The Labute approximate surface area is 66.7 Å². The minimum atomic E-state index is -0.537. The normalized spacial score (nSPS) is 14.5. The first-order chi connectivity index (χ1) is 4.89. The molecule has 0 rings (SSSR count). The summed E-state index contributed by atoms with van der Waals surface area (Å²) >= 11 is 0. The van der Waals surface area contributed by atoms with Gasteiger partial charge in [-0.05, 0) is 13.8 Å². The van der Waals surface area contributed by atoms with Crippen LogP contribution in [0.1, 0.15) is 27.2 Å². The van der Waals surface area contributed by atoms with Crippen molar-refractivity contribution in [2.75, 3.05) is 7.11 Å². The number of ether oxygens (including phenoxy) is 1. The molecular weight excluding hydrogens is 146 g/mol. The minimum Gasteiger partial charge on any atom is -0.379 e. The molecule has 0 fully saturated rings. The van der Waals surface area contributed by atoms with Crippen LogP contribution < -0.4 is 0 Å². The first kappa shape index (κ1) is 10.4. The van der Waals surface area contributed by atoms with Gasteiger partial charge in [0.25, 0.3) is 0 Å². The largest absolute Gasteiger partial charge is 0.379 e. The van der Waals surface area contributed by atoms with Crippen LogP contribution in [0.3, 0.4) is 0 Å². The molecule has 11 heavy (non-hydrogen) atoms. The smallest absolute Gasteiger partial charge is 0.213 e. The van der Waals surface area contributed by atoms with Gasteiger partial charge in [-0.2, -0.15) is 0 Å². The maximum absolute atomic E-state index is 10.2. The SMILES string of the molecule is COC(C)(C)CC(C)[N+](=O)[O-]. The molecule has 0 aromatic rings. The van der Waals surface area contributed by atoms with E-state index in [2.05, 4.69) is 0 Å². The maximum atomic E-state index is 10.2. The van der Waals surface area contributed by atoms with Gasteiger partial charge in [-0.3, -0.25) is 10.1 Å². The van der Waals surface area contributed by atoms with E-state index in [1.807, 2.05) is 13.8 Å². The number of methoxy groups -OCH3 is 1. The van der Waals surface area contributed by atoms with Gasteiger partial charge in [0.05, 0.1) is 5.60 Å². The molecule has 0 aliphatic heterocycles. The number of hydrogen-bond acceptors (Lipinski definition) is 3. The number of nitro groups is 1. The molecule has 0 amide bonds. The van der Waals surface area contributed by atoms with E-state index in [9.17, 15) is 10.1 Å². The summed E-state index contributed by atoms with van der Waals surface area (Å²) in [7, 11) is 1.56. The van der Waals surface area contributed by atoms with E-state index >= 15 is 0 Å². The molecule has 0 bridgehead atoms. The van der Waals surface area contributed by atoms with Gasteiger partial charge in [0.15, 0.2) is 0 Å². The average Bonchev–Trinajstić information content (AvgIpc) is 1.87. The highest BCUT2D eigenvalue weighted by molar-refractivity contribution is 4.70. The van der Waals surface area contributed by atoms with Crippen LogP contribution in [0.2, 0.25) is 0 Å². The summed E-state index contributed by atoms with van der Waals surface area (Å²) in [5.41, 5.74) is -0.396. The minimum absolute atomic E-state index is 0.291. The van der Waals surface area contributed by atoms with Crippen LogP contribution in [-0.2, 0) is 4.74 Å². The quantitative estimate of drug-likeness (QED) is 0.463. The molecule has 66 valence electrons. The molecule has 4 nitrogen and oxygen atoms in total. The molecule has 4 heteroatoms. The van der Waals surface area contributed by atoms with Crippen molar-refractivity contribution in [1.29, 1.82) is 0 Å². The van der Waals surface area contributed by atoms with Crippen molar-refractivity contribution in [3.8, 4) is 0 Å². The predicted molar refractivity (Wildman–Crippen MR) is 42.2 cm³/mol. The van der Waals surface area contributed by atoms with Crippen LogP contribution >= 0.6 is 0 Å². The standard InChI is InChI=1S/C7H15NO3/c1-6(8(9)10)5-7(2,3)11-4/h6H,5H2,1-4H3. The zero-order valence-electron chi connectivity index (χ0n) is 7.46. The number of hydrogen-bond donors (Lipinski definition) is 0. The maximum Gasteiger partial charge on any atom is 0.213 e. The number of rotatable bonds is 4. The van der Waals surface area contributed by atoms with Crippen molar-refractivity contribution in [2.45, 2.75) is 38.8 Å². The van der Waals surface area contributed by atoms with Gasteiger partial charge >= 0.3 is 0 Å². The summed E-state index contributed by atoms with van der Waals surface area (Å²) in [4.78, 5) is 9.95. The fourth-order valence-electron chi connectivity index (χ4n) is 0.869. The molecule has 0 aliphatic rings. The second-order valence-corrected chi connectivity index (χ2v) is 3.30. The third kappa shape index (κ3) is 3.93. The molecule has 0 aromatic heterocycles. The van der Waals surface area contributed by atoms with Crippen molar-refractivity contribution in [2.24, 2.45) is 0 Å². The van der Waals surface area contributed by atoms with E-state index in [1.54, 1.807) is 14.0 Å². The Balaban J connectivity index is 3.93. The van der Waals surface area contributed by atoms with Crippen molar-refractivity contribution in [3.63, 3.8) is 0 Å². The zero-order valence-corrected chi connectivity index (χ0v) is 7.46. The molecular formula is C7H15NO3. The highest BCUT2D eigenvalue weighted by Crippen LogP contribution is 2.16. The third-order valence-corrected chi connectivity index (χ3v) is 1.70. The second kappa shape index (κ2) is 3.67. The second-order valence-electron chi connectivity index (χ2n) is 3.30. The Morgan fingerprint density at radius 3 is 2.36 bits per heavy atom.